The molecule has 1 heterocycles. The fourth-order valence-electron chi connectivity index (χ4n) is 2.41. The van der Waals surface area contributed by atoms with Gasteiger partial charge in [0.15, 0.2) is 0 Å². The van der Waals surface area contributed by atoms with Crippen LogP contribution in [-0.4, -0.2) is 33.0 Å². The lowest BCUT2D eigenvalue weighted by atomic mass is 10.0. The van der Waals surface area contributed by atoms with Gasteiger partial charge < -0.3 is 14.0 Å². The molecule has 0 bridgehead atoms. The molecule has 0 aliphatic rings. The number of nitrogens with one attached hydrogen (secondary N) is 1. The normalized spacial score (nSPS) is 14.7. The largest absolute Gasteiger partial charge is 0.598 e. The van der Waals surface area contributed by atoms with E-state index in [1.807, 2.05) is 6.92 Å². The summed E-state index contributed by atoms with van der Waals surface area (Å²) in [4.78, 5) is 16.1. The summed E-state index contributed by atoms with van der Waals surface area (Å²) >= 11 is -1.78. The molecule has 9 heteroatoms. The SMILES string of the molecule is CCOC(=O)C(F)C(N[S+]([O-])C(C)(C)C)c1cc(Oc2ccc(C)nc2)ccc1F. The molecule has 0 saturated heterocycles. The van der Waals surface area contributed by atoms with Crippen LogP contribution in [-0.2, 0) is 20.9 Å². The monoisotopic (exact) mass is 440 g/mol. The number of carbonyl (C=O) groups excluding carboxylic acids is 1. The standard InChI is InChI=1S/C21H26F2N2O4S/c1-6-28-20(26)18(23)19(25-30(27)21(3,4)5)16-11-14(9-10-17(16)22)29-15-8-7-13(2)24-12-15/h7-12,18-19,25H,6H2,1-5H3. The van der Waals surface area contributed by atoms with Gasteiger partial charge in [-0.1, -0.05) is 0 Å². The molecule has 30 heavy (non-hydrogen) atoms. The Morgan fingerprint density at radius 2 is 1.93 bits per heavy atom. The van der Waals surface area contributed by atoms with Crippen molar-refractivity contribution in [3.8, 4) is 11.5 Å². The molecule has 6 nitrogen and oxygen atoms in total. The van der Waals surface area contributed by atoms with Gasteiger partial charge in [0.1, 0.15) is 28.1 Å². The summed E-state index contributed by atoms with van der Waals surface area (Å²) in [6.45, 7) is 8.33. The number of halogens is 2. The molecule has 1 aromatic heterocycles. The van der Waals surface area contributed by atoms with Crippen LogP contribution in [0.3, 0.4) is 0 Å². The van der Waals surface area contributed by atoms with Gasteiger partial charge in [-0.15, -0.1) is 4.72 Å². The quantitative estimate of drug-likeness (QED) is 0.486. The number of aryl methyl sites for hydroxylation is 1. The van der Waals surface area contributed by atoms with Gasteiger partial charge in [0.2, 0.25) is 6.17 Å². The Kier molecular flexibility index (Phi) is 8.17. The zero-order valence-corrected chi connectivity index (χ0v) is 18.4. The highest BCUT2D eigenvalue weighted by Gasteiger charge is 2.39. The van der Waals surface area contributed by atoms with Crippen LogP contribution in [0.1, 0.15) is 45.0 Å². The highest BCUT2D eigenvalue weighted by atomic mass is 32.2. The van der Waals surface area contributed by atoms with E-state index in [0.717, 1.165) is 11.8 Å². The van der Waals surface area contributed by atoms with E-state index >= 15 is 0 Å². The zero-order chi connectivity index (χ0) is 22.5. The van der Waals surface area contributed by atoms with E-state index < -0.39 is 40.1 Å². The van der Waals surface area contributed by atoms with Crippen molar-refractivity contribution in [1.29, 1.82) is 0 Å². The maximum absolute atomic E-state index is 15.0. The van der Waals surface area contributed by atoms with Crippen LogP contribution in [0.25, 0.3) is 0 Å². The second-order valence-electron chi connectivity index (χ2n) is 7.55. The van der Waals surface area contributed by atoms with Gasteiger partial charge in [-0.2, -0.15) is 0 Å². The van der Waals surface area contributed by atoms with E-state index in [9.17, 15) is 18.1 Å². The summed E-state index contributed by atoms with van der Waals surface area (Å²) in [6.07, 6.45) is -0.777. The molecule has 0 radical (unpaired) electrons. The van der Waals surface area contributed by atoms with E-state index in [1.165, 1.54) is 25.3 Å². The Labute approximate surface area is 178 Å². The third kappa shape index (κ3) is 6.38. The van der Waals surface area contributed by atoms with Crippen LogP contribution >= 0.6 is 0 Å². The van der Waals surface area contributed by atoms with Gasteiger partial charge >= 0.3 is 5.97 Å². The number of esters is 1. The number of alkyl halides is 1. The van der Waals surface area contributed by atoms with Crippen LogP contribution in [0.15, 0.2) is 36.5 Å². The highest BCUT2D eigenvalue weighted by molar-refractivity contribution is 7.90. The van der Waals surface area contributed by atoms with Gasteiger partial charge in [-0.05, 0) is 65.0 Å². The molecular formula is C21H26F2N2O4S. The number of hydrogen-bond acceptors (Lipinski definition) is 6. The van der Waals surface area contributed by atoms with Crippen molar-refractivity contribution < 1.29 is 27.6 Å². The number of nitrogens with zero attached hydrogens (tertiary/aromatic N) is 1. The first-order chi connectivity index (χ1) is 14.0. The van der Waals surface area contributed by atoms with Crippen LogP contribution < -0.4 is 9.46 Å². The van der Waals surface area contributed by atoms with Crippen molar-refractivity contribution in [3.05, 3.63) is 53.6 Å². The predicted octanol–water partition coefficient (Wildman–Crippen LogP) is 4.32. The molecule has 1 N–H and O–H groups in total. The Balaban J connectivity index is 2.39. The molecule has 0 amide bonds. The first-order valence-corrected chi connectivity index (χ1v) is 10.6. The summed E-state index contributed by atoms with van der Waals surface area (Å²) in [7, 11) is 0. The third-order valence-electron chi connectivity index (χ3n) is 4.02. The van der Waals surface area contributed by atoms with Crippen molar-refractivity contribution in [2.24, 2.45) is 0 Å². The predicted molar refractivity (Wildman–Crippen MR) is 111 cm³/mol. The number of hydrogen-bond donors (Lipinski definition) is 1. The summed E-state index contributed by atoms with van der Waals surface area (Å²) < 4.78 is 54.4. The Hall–Kier alpha value is -2.23. The molecule has 0 saturated carbocycles. The molecular weight excluding hydrogens is 414 g/mol. The fourth-order valence-corrected chi connectivity index (χ4v) is 3.24. The van der Waals surface area contributed by atoms with E-state index in [1.54, 1.807) is 32.9 Å². The lowest BCUT2D eigenvalue weighted by Crippen LogP contribution is -2.46. The first kappa shape index (κ1) is 24.0. The number of benzene rings is 1. The molecule has 0 aliphatic carbocycles. The minimum atomic E-state index is -2.28. The van der Waals surface area contributed by atoms with E-state index in [0.29, 0.717) is 5.75 Å². The molecule has 1 aromatic carbocycles. The topological polar surface area (TPSA) is 83.5 Å². The average Bonchev–Trinajstić information content (AvgIpc) is 2.68. The summed E-state index contributed by atoms with van der Waals surface area (Å²) in [5.41, 5.74) is 0.594. The number of aromatic nitrogens is 1. The Bertz CT molecular complexity index is 859. The van der Waals surface area contributed by atoms with Crippen LogP contribution in [0.5, 0.6) is 11.5 Å². The lowest BCUT2D eigenvalue weighted by molar-refractivity contribution is -0.150. The van der Waals surface area contributed by atoms with E-state index in [4.69, 9.17) is 9.47 Å². The van der Waals surface area contributed by atoms with Gasteiger partial charge in [0.25, 0.3) is 0 Å². The molecule has 2 rings (SSSR count). The van der Waals surface area contributed by atoms with Crippen molar-refractivity contribution >= 4 is 17.3 Å². The fraction of sp³-hybridized carbons (Fsp3) is 0.429. The molecule has 2 aromatic rings. The molecule has 0 spiro atoms. The smallest absolute Gasteiger partial charge is 0.342 e. The maximum Gasteiger partial charge on any atom is 0.342 e. The molecule has 3 atom stereocenters. The molecule has 164 valence electrons. The molecule has 0 aliphatic heterocycles. The number of ether oxygens (including phenoxy) is 2. The number of pyridine rings is 1. The highest BCUT2D eigenvalue weighted by Crippen LogP contribution is 2.31. The molecule has 0 fully saturated rings. The van der Waals surface area contributed by atoms with Crippen molar-refractivity contribution in [3.63, 3.8) is 0 Å². The number of carbonyl (C=O) groups is 1. The van der Waals surface area contributed by atoms with E-state index in [2.05, 4.69) is 9.71 Å². The Morgan fingerprint density at radius 3 is 2.50 bits per heavy atom. The lowest BCUT2D eigenvalue weighted by Gasteiger charge is -2.29. The maximum atomic E-state index is 15.0. The van der Waals surface area contributed by atoms with E-state index in [-0.39, 0.29) is 17.9 Å². The first-order valence-electron chi connectivity index (χ1n) is 9.41. The minimum Gasteiger partial charge on any atom is -0.598 e. The van der Waals surface area contributed by atoms with Gasteiger partial charge in [-0.3, -0.25) is 4.98 Å². The second kappa shape index (κ2) is 10.2. The summed E-state index contributed by atoms with van der Waals surface area (Å²) in [5, 5.41) is 0. The van der Waals surface area contributed by atoms with Crippen molar-refractivity contribution in [2.75, 3.05) is 6.61 Å². The van der Waals surface area contributed by atoms with Gasteiger partial charge in [-0.25, -0.2) is 13.6 Å². The Morgan fingerprint density at radius 1 is 1.27 bits per heavy atom. The van der Waals surface area contributed by atoms with Crippen LogP contribution in [0, 0.1) is 12.7 Å². The number of rotatable bonds is 8. The second-order valence-corrected chi connectivity index (χ2v) is 9.55. The summed E-state index contributed by atoms with van der Waals surface area (Å²) in [5.74, 6) is -1.33. The van der Waals surface area contributed by atoms with Crippen LogP contribution in [0.2, 0.25) is 0 Å². The molecule has 3 unspecified atom stereocenters. The van der Waals surface area contributed by atoms with Crippen molar-refractivity contribution in [2.45, 2.75) is 51.6 Å². The van der Waals surface area contributed by atoms with Gasteiger partial charge in [0, 0.05) is 22.6 Å². The van der Waals surface area contributed by atoms with Crippen molar-refractivity contribution in [1.82, 2.24) is 9.71 Å². The average molecular weight is 441 g/mol. The zero-order valence-electron chi connectivity index (χ0n) is 17.6. The minimum absolute atomic E-state index is 0.0413. The van der Waals surface area contributed by atoms with Crippen LogP contribution in [0.4, 0.5) is 8.78 Å². The third-order valence-corrected chi connectivity index (χ3v) is 5.60. The van der Waals surface area contributed by atoms with Gasteiger partial charge in [0.05, 0.1) is 12.8 Å². The summed E-state index contributed by atoms with van der Waals surface area (Å²) in [6, 6.07) is 5.62.